The van der Waals surface area contributed by atoms with Crippen LogP contribution in [0, 0.1) is 11.2 Å². The van der Waals surface area contributed by atoms with Gasteiger partial charge in [-0.15, -0.1) is 0 Å². The maximum Gasteiger partial charge on any atom is 0.395 e. The topological polar surface area (TPSA) is 56.3 Å². The molecule has 0 saturated heterocycles. The first-order valence-electron chi connectivity index (χ1n) is 11.8. The van der Waals surface area contributed by atoms with Gasteiger partial charge in [-0.2, -0.15) is 13.2 Å². The molecule has 2 aromatic carbocycles. The standard InChI is InChI=1S/C27H22F4N2O2/c1-13-8-16-15-4-2-3-5-19(15)32-22(16)23-21-17(9-14(10-18(21)28)6-7-20(34)35)24-25(27(29,30)31)11-26(24,12-25)33(13)23/h2-7,9-10,13,23-24,32H,8,11-12H2,1H3,(H,34,35)/b7-6+/t13-,23-,24?,25?,26?/m0/s1. The lowest BCUT2D eigenvalue weighted by atomic mass is 9.29. The molecule has 2 bridgehead atoms. The Hall–Kier alpha value is -3.13. The van der Waals surface area contributed by atoms with Gasteiger partial charge in [-0.3, -0.25) is 4.90 Å². The van der Waals surface area contributed by atoms with E-state index < -0.39 is 40.9 Å². The molecule has 0 amide bonds. The first-order valence-corrected chi connectivity index (χ1v) is 11.8. The van der Waals surface area contributed by atoms with Crippen LogP contribution in [0.5, 0.6) is 0 Å². The van der Waals surface area contributed by atoms with Crippen molar-refractivity contribution in [1.29, 1.82) is 0 Å². The number of carboxylic acid groups (broad SMARTS) is 1. The van der Waals surface area contributed by atoms with Gasteiger partial charge in [0.2, 0.25) is 0 Å². The lowest BCUT2D eigenvalue weighted by Crippen LogP contribution is -2.86. The van der Waals surface area contributed by atoms with Gasteiger partial charge in [0.15, 0.2) is 0 Å². The molecule has 3 heterocycles. The second kappa shape index (κ2) is 6.35. The predicted octanol–water partition coefficient (Wildman–Crippen LogP) is 5.93. The highest BCUT2D eigenvalue weighted by atomic mass is 19.4. The van der Waals surface area contributed by atoms with Crippen molar-refractivity contribution in [1.82, 2.24) is 9.88 Å². The van der Waals surface area contributed by atoms with Gasteiger partial charge in [0.05, 0.1) is 11.5 Å². The second-order valence-corrected chi connectivity index (χ2v) is 10.6. The van der Waals surface area contributed by atoms with Crippen LogP contribution in [0.1, 0.15) is 59.7 Å². The van der Waals surface area contributed by atoms with E-state index >= 15 is 4.39 Å². The SMILES string of the molecule is C[C@H]1Cc2c([nH]c3ccccc23)[C@@H]2c3c(F)cc(/C=C/C(=O)O)cc3C3C4(CC3(C(F)(F)F)C4)N21. The van der Waals surface area contributed by atoms with Gasteiger partial charge in [-0.1, -0.05) is 24.3 Å². The normalized spacial score (nSPS) is 32.9. The fourth-order valence-electron chi connectivity index (χ4n) is 7.88. The number of benzene rings is 2. The Labute approximate surface area is 198 Å². The minimum atomic E-state index is -4.39. The fourth-order valence-corrected chi connectivity index (χ4v) is 7.88. The molecule has 8 heteroatoms. The predicted molar refractivity (Wildman–Crippen MR) is 121 cm³/mol. The molecular weight excluding hydrogens is 460 g/mol. The maximum absolute atomic E-state index is 15.9. The molecule has 1 unspecified atom stereocenters. The molecule has 3 fully saturated rings. The number of hydrogen-bond donors (Lipinski definition) is 2. The molecular formula is C27H22F4N2O2. The number of H-pyrrole nitrogens is 1. The van der Waals surface area contributed by atoms with Crippen LogP contribution in [-0.4, -0.2) is 38.7 Å². The minimum Gasteiger partial charge on any atom is -0.478 e. The molecule has 3 aromatic rings. The molecule has 2 N–H and O–H groups in total. The summed E-state index contributed by atoms with van der Waals surface area (Å²) in [6, 6.07) is 10.1. The zero-order valence-corrected chi connectivity index (χ0v) is 18.8. The molecule has 1 spiro atoms. The van der Waals surface area contributed by atoms with Crippen molar-refractivity contribution in [2.45, 2.75) is 55.9 Å². The molecule has 0 radical (unpaired) electrons. The van der Waals surface area contributed by atoms with Gasteiger partial charge in [-0.05, 0) is 61.1 Å². The summed E-state index contributed by atoms with van der Waals surface area (Å²) < 4.78 is 58.9. The minimum absolute atomic E-state index is 0.0147. The molecule has 2 aliphatic heterocycles. The van der Waals surface area contributed by atoms with Gasteiger partial charge in [-0.25, -0.2) is 9.18 Å². The number of hydrogen-bond acceptors (Lipinski definition) is 2. The number of rotatable bonds is 2. The second-order valence-electron chi connectivity index (χ2n) is 10.6. The molecule has 5 aliphatic rings. The van der Waals surface area contributed by atoms with Crippen molar-refractivity contribution in [2.75, 3.05) is 0 Å². The molecule has 8 rings (SSSR count). The number of aromatic nitrogens is 1. The molecule has 3 atom stereocenters. The summed E-state index contributed by atoms with van der Waals surface area (Å²) in [5.74, 6) is -2.66. The number of halogens is 4. The van der Waals surface area contributed by atoms with Crippen molar-refractivity contribution in [3.05, 3.63) is 76.2 Å². The smallest absolute Gasteiger partial charge is 0.395 e. The Balaban J connectivity index is 1.50. The molecule has 35 heavy (non-hydrogen) atoms. The van der Waals surface area contributed by atoms with E-state index in [0.29, 0.717) is 12.0 Å². The summed E-state index contributed by atoms with van der Waals surface area (Å²) in [7, 11) is 0. The summed E-state index contributed by atoms with van der Waals surface area (Å²) in [4.78, 5) is 16.6. The lowest BCUT2D eigenvalue weighted by molar-refractivity contribution is -0.389. The van der Waals surface area contributed by atoms with Gasteiger partial charge in [0.25, 0.3) is 0 Å². The Morgan fingerprint density at radius 2 is 1.97 bits per heavy atom. The first-order chi connectivity index (χ1) is 16.6. The van der Waals surface area contributed by atoms with Crippen LogP contribution < -0.4 is 0 Å². The number of nitrogens with one attached hydrogen (secondary N) is 1. The summed E-state index contributed by atoms with van der Waals surface area (Å²) in [5.41, 5.74) is 1.25. The number of fused-ring (bicyclic) bond motifs is 7. The highest BCUT2D eigenvalue weighted by Gasteiger charge is 2.88. The van der Waals surface area contributed by atoms with E-state index in [1.54, 1.807) is 6.07 Å². The average molecular weight is 482 g/mol. The van der Waals surface area contributed by atoms with E-state index in [9.17, 15) is 18.0 Å². The third-order valence-corrected chi connectivity index (χ3v) is 8.97. The molecule has 3 aliphatic carbocycles. The van der Waals surface area contributed by atoms with E-state index in [1.165, 1.54) is 12.1 Å². The zero-order valence-electron chi connectivity index (χ0n) is 18.8. The lowest BCUT2D eigenvalue weighted by Gasteiger charge is -2.82. The third kappa shape index (κ3) is 2.38. The molecule has 180 valence electrons. The van der Waals surface area contributed by atoms with Crippen molar-refractivity contribution >= 4 is 22.9 Å². The summed E-state index contributed by atoms with van der Waals surface area (Å²) in [5, 5.41) is 10.1. The third-order valence-electron chi connectivity index (χ3n) is 8.97. The number of carboxylic acids is 1. The molecule has 4 nitrogen and oxygen atoms in total. The Kier molecular flexibility index (Phi) is 3.84. The van der Waals surface area contributed by atoms with E-state index in [2.05, 4.69) is 9.88 Å². The molecule has 1 aromatic heterocycles. The zero-order chi connectivity index (χ0) is 24.5. The number of aromatic amines is 1. The van der Waals surface area contributed by atoms with E-state index in [0.717, 1.165) is 28.2 Å². The van der Waals surface area contributed by atoms with Crippen LogP contribution in [0.25, 0.3) is 17.0 Å². The van der Waals surface area contributed by atoms with E-state index in [-0.39, 0.29) is 30.0 Å². The van der Waals surface area contributed by atoms with Crippen LogP contribution in [0.15, 0.2) is 42.5 Å². The summed E-state index contributed by atoms with van der Waals surface area (Å²) in [6.07, 6.45) is -1.56. The van der Waals surface area contributed by atoms with Gasteiger partial charge in [0.1, 0.15) is 5.82 Å². The Morgan fingerprint density at radius 3 is 2.69 bits per heavy atom. The number of nitrogens with zero attached hydrogens (tertiary/aromatic N) is 1. The van der Waals surface area contributed by atoms with E-state index in [1.807, 2.05) is 31.2 Å². The van der Waals surface area contributed by atoms with Crippen LogP contribution in [0.3, 0.4) is 0 Å². The average Bonchev–Trinajstić information content (AvgIpc) is 3.08. The largest absolute Gasteiger partial charge is 0.478 e. The van der Waals surface area contributed by atoms with Crippen LogP contribution in [0.2, 0.25) is 0 Å². The quantitative estimate of drug-likeness (QED) is 0.352. The van der Waals surface area contributed by atoms with Crippen LogP contribution in [-0.2, 0) is 11.2 Å². The van der Waals surface area contributed by atoms with Crippen molar-refractivity contribution in [3.63, 3.8) is 0 Å². The van der Waals surface area contributed by atoms with Gasteiger partial charge >= 0.3 is 12.1 Å². The number of alkyl halides is 3. The van der Waals surface area contributed by atoms with Crippen molar-refractivity contribution in [3.8, 4) is 0 Å². The number of aliphatic carboxylic acids is 1. The monoisotopic (exact) mass is 482 g/mol. The highest BCUT2D eigenvalue weighted by molar-refractivity contribution is 5.86. The number of para-hydroxylation sites is 1. The summed E-state index contributed by atoms with van der Waals surface area (Å²) in [6.45, 7) is 2.03. The highest BCUT2D eigenvalue weighted by Crippen LogP contribution is 2.85. The maximum atomic E-state index is 15.9. The van der Waals surface area contributed by atoms with Crippen molar-refractivity contribution in [2.24, 2.45) is 5.41 Å². The Bertz CT molecular complexity index is 1460. The number of carbonyl (C=O) groups is 1. The van der Waals surface area contributed by atoms with Gasteiger partial charge < -0.3 is 10.1 Å². The Morgan fingerprint density at radius 1 is 1.23 bits per heavy atom. The summed E-state index contributed by atoms with van der Waals surface area (Å²) >= 11 is 0. The van der Waals surface area contributed by atoms with E-state index in [4.69, 9.17) is 5.11 Å². The fraction of sp³-hybridized carbons (Fsp3) is 0.370. The first kappa shape index (κ1) is 21.2. The molecule has 3 saturated carbocycles. The van der Waals surface area contributed by atoms with Gasteiger partial charge in [0, 0.05) is 45.7 Å². The van der Waals surface area contributed by atoms with Crippen LogP contribution >= 0.6 is 0 Å². The van der Waals surface area contributed by atoms with Crippen LogP contribution in [0.4, 0.5) is 17.6 Å². The van der Waals surface area contributed by atoms with Crippen molar-refractivity contribution < 1.29 is 27.5 Å².